The number of allylic oxidation sites excluding steroid dienone is 1. The highest BCUT2D eigenvalue weighted by Gasteiger charge is 2.27. The van der Waals surface area contributed by atoms with Gasteiger partial charge in [0.05, 0.1) is 6.20 Å². The second-order valence-electron chi connectivity index (χ2n) is 5.16. The van der Waals surface area contributed by atoms with Crippen LogP contribution in [-0.4, -0.2) is 11.1 Å². The Hall–Kier alpha value is -1.58. The van der Waals surface area contributed by atoms with Crippen molar-refractivity contribution in [2.45, 2.75) is 50.9 Å². The molecule has 2 aliphatic carbocycles. The van der Waals surface area contributed by atoms with E-state index in [0.29, 0.717) is 5.92 Å². The number of nitrogens with zero attached hydrogens (tertiary/aromatic N) is 1. The van der Waals surface area contributed by atoms with Crippen LogP contribution in [0.3, 0.4) is 0 Å². The Morgan fingerprint density at radius 2 is 2.22 bits per heavy atom. The first kappa shape index (κ1) is 11.5. The summed E-state index contributed by atoms with van der Waals surface area (Å²) in [5.74, 6) is 1.31. The summed E-state index contributed by atoms with van der Waals surface area (Å²) in [4.78, 5) is 12.1. The molecule has 18 heavy (non-hydrogen) atoms. The number of carbonyl (C=O) groups excluding carboxylic acids is 1. The number of nitrogens with one attached hydrogen (secondary N) is 1. The van der Waals surface area contributed by atoms with Crippen molar-refractivity contribution in [1.29, 1.82) is 0 Å². The van der Waals surface area contributed by atoms with Crippen molar-refractivity contribution in [1.82, 2.24) is 5.16 Å². The van der Waals surface area contributed by atoms with Crippen LogP contribution in [-0.2, 0) is 4.79 Å². The van der Waals surface area contributed by atoms with Crippen molar-refractivity contribution in [3.63, 3.8) is 0 Å². The molecule has 1 fully saturated rings. The Labute approximate surface area is 106 Å². The van der Waals surface area contributed by atoms with Crippen LogP contribution in [0.5, 0.6) is 0 Å². The topological polar surface area (TPSA) is 55.1 Å². The molecule has 1 N–H and O–H groups in total. The summed E-state index contributed by atoms with van der Waals surface area (Å²) in [5.41, 5.74) is 1.66. The Morgan fingerprint density at radius 1 is 1.33 bits per heavy atom. The first-order valence-corrected chi connectivity index (χ1v) is 6.79. The lowest BCUT2D eigenvalue weighted by atomic mass is 9.83. The molecule has 1 aromatic heterocycles. The summed E-state index contributed by atoms with van der Waals surface area (Å²) < 4.78 is 5.27. The second kappa shape index (κ2) is 4.96. The van der Waals surface area contributed by atoms with Gasteiger partial charge in [-0.15, -0.1) is 0 Å². The Kier molecular flexibility index (Phi) is 3.17. The third-order valence-electron chi connectivity index (χ3n) is 3.91. The lowest BCUT2D eigenvalue weighted by Gasteiger charge is -2.23. The van der Waals surface area contributed by atoms with E-state index in [0.717, 1.165) is 49.1 Å². The van der Waals surface area contributed by atoms with Gasteiger partial charge in [0, 0.05) is 11.5 Å². The maximum Gasteiger partial charge on any atom is 0.251 e. The van der Waals surface area contributed by atoms with Crippen molar-refractivity contribution in [2.24, 2.45) is 0 Å². The average molecular weight is 246 g/mol. The smallest absolute Gasteiger partial charge is 0.251 e. The number of hydrogen-bond acceptors (Lipinski definition) is 3. The molecule has 96 valence electrons. The Morgan fingerprint density at radius 3 is 2.89 bits per heavy atom. The highest BCUT2D eigenvalue weighted by atomic mass is 16.5. The van der Waals surface area contributed by atoms with Crippen molar-refractivity contribution < 1.29 is 9.32 Å². The fourth-order valence-corrected chi connectivity index (χ4v) is 2.55. The van der Waals surface area contributed by atoms with Crippen LogP contribution in [0.4, 0.5) is 5.69 Å². The SMILES string of the molecule is O=C(Nc1cnoc1C1CCC1)C1=CCCCC1. The minimum atomic E-state index is 0.0125. The number of hydrogen-bond donors (Lipinski definition) is 1. The van der Waals surface area contributed by atoms with E-state index in [1.54, 1.807) is 6.20 Å². The van der Waals surface area contributed by atoms with E-state index in [2.05, 4.69) is 16.5 Å². The molecule has 0 saturated heterocycles. The molecule has 0 unspecified atom stereocenters. The van der Waals surface area contributed by atoms with Crippen LogP contribution in [0.15, 0.2) is 22.4 Å². The molecule has 0 aromatic carbocycles. The van der Waals surface area contributed by atoms with Crippen molar-refractivity contribution in [3.05, 3.63) is 23.6 Å². The van der Waals surface area contributed by atoms with E-state index in [-0.39, 0.29) is 5.91 Å². The lowest BCUT2D eigenvalue weighted by Crippen LogP contribution is -2.18. The minimum absolute atomic E-state index is 0.0125. The van der Waals surface area contributed by atoms with Crippen molar-refractivity contribution in [2.75, 3.05) is 5.32 Å². The van der Waals surface area contributed by atoms with Gasteiger partial charge in [0.25, 0.3) is 5.91 Å². The summed E-state index contributed by atoms with van der Waals surface area (Å²) in [6, 6.07) is 0. The Balaban J connectivity index is 1.70. The van der Waals surface area contributed by atoms with E-state index in [1.807, 2.05) is 0 Å². The fraction of sp³-hybridized carbons (Fsp3) is 0.571. The van der Waals surface area contributed by atoms with Crippen LogP contribution in [0, 0.1) is 0 Å². The van der Waals surface area contributed by atoms with Gasteiger partial charge in [-0.25, -0.2) is 0 Å². The normalized spacial score (nSPS) is 20.1. The van der Waals surface area contributed by atoms with Gasteiger partial charge in [-0.2, -0.15) is 0 Å². The van der Waals surface area contributed by atoms with Gasteiger partial charge in [-0.05, 0) is 38.5 Å². The number of rotatable bonds is 3. The maximum atomic E-state index is 12.1. The van der Waals surface area contributed by atoms with Gasteiger partial charge >= 0.3 is 0 Å². The zero-order chi connectivity index (χ0) is 12.4. The molecule has 1 amide bonds. The van der Waals surface area contributed by atoms with E-state index >= 15 is 0 Å². The van der Waals surface area contributed by atoms with Gasteiger partial charge in [-0.3, -0.25) is 4.79 Å². The lowest BCUT2D eigenvalue weighted by molar-refractivity contribution is -0.113. The number of anilines is 1. The maximum absolute atomic E-state index is 12.1. The predicted molar refractivity (Wildman–Crippen MR) is 68.3 cm³/mol. The van der Waals surface area contributed by atoms with Crippen molar-refractivity contribution >= 4 is 11.6 Å². The van der Waals surface area contributed by atoms with Crippen LogP contribution in [0.25, 0.3) is 0 Å². The van der Waals surface area contributed by atoms with Gasteiger partial charge in [-0.1, -0.05) is 17.7 Å². The highest BCUT2D eigenvalue weighted by molar-refractivity contribution is 6.04. The third kappa shape index (κ3) is 2.19. The van der Waals surface area contributed by atoms with Gasteiger partial charge < -0.3 is 9.84 Å². The second-order valence-corrected chi connectivity index (χ2v) is 5.16. The van der Waals surface area contributed by atoms with E-state index < -0.39 is 0 Å². The first-order valence-electron chi connectivity index (χ1n) is 6.79. The zero-order valence-electron chi connectivity index (χ0n) is 10.4. The highest BCUT2D eigenvalue weighted by Crippen LogP contribution is 2.39. The van der Waals surface area contributed by atoms with Crippen molar-refractivity contribution in [3.8, 4) is 0 Å². The van der Waals surface area contributed by atoms with Crippen LogP contribution >= 0.6 is 0 Å². The van der Waals surface area contributed by atoms with Crippen LogP contribution in [0.1, 0.15) is 56.6 Å². The summed E-state index contributed by atoms with van der Waals surface area (Å²) >= 11 is 0. The van der Waals surface area contributed by atoms with Gasteiger partial charge in [0.2, 0.25) is 0 Å². The van der Waals surface area contributed by atoms with E-state index in [1.165, 1.54) is 12.8 Å². The molecule has 0 aliphatic heterocycles. The van der Waals surface area contributed by atoms with Gasteiger partial charge in [0.15, 0.2) is 5.76 Å². The summed E-state index contributed by atoms with van der Waals surface area (Å²) in [5, 5.41) is 6.76. The standard InChI is InChI=1S/C14H18N2O2/c17-14(11-5-2-1-3-6-11)16-12-9-15-18-13(12)10-7-4-8-10/h5,9-10H,1-4,6-8H2,(H,16,17). The van der Waals surface area contributed by atoms with Gasteiger partial charge in [0.1, 0.15) is 5.69 Å². The predicted octanol–water partition coefficient (Wildman–Crippen LogP) is 3.38. The van der Waals surface area contributed by atoms with E-state index in [9.17, 15) is 4.79 Å². The molecule has 0 radical (unpaired) electrons. The molecule has 1 saturated carbocycles. The average Bonchev–Trinajstić information content (AvgIpc) is 2.76. The first-order chi connectivity index (χ1) is 8.84. The molecule has 0 spiro atoms. The molecule has 2 aliphatic rings. The van der Waals surface area contributed by atoms with Crippen LogP contribution < -0.4 is 5.32 Å². The fourth-order valence-electron chi connectivity index (χ4n) is 2.55. The third-order valence-corrected chi connectivity index (χ3v) is 3.91. The molecule has 4 nitrogen and oxygen atoms in total. The molecule has 3 rings (SSSR count). The quantitative estimate of drug-likeness (QED) is 0.889. The molecular formula is C14H18N2O2. The molecule has 1 aromatic rings. The molecule has 4 heteroatoms. The monoisotopic (exact) mass is 246 g/mol. The molecule has 0 atom stereocenters. The molecule has 1 heterocycles. The minimum Gasteiger partial charge on any atom is -0.359 e. The molecule has 0 bridgehead atoms. The summed E-state index contributed by atoms with van der Waals surface area (Å²) in [6.45, 7) is 0. The summed E-state index contributed by atoms with van der Waals surface area (Å²) in [6.07, 6.45) is 11.4. The zero-order valence-corrected chi connectivity index (χ0v) is 10.4. The van der Waals surface area contributed by atoms with Crippen LogP contribution in [0.2, 0.25) is 0 Å². The number of aromatic nitrogens is 1. The number of carbonyl (C=O) groups is 1. The number of amides is 1. The largest absolute Gasteiger partial charge is 0.359 e. The summed E-state index contributed by atoms with van der Waals surface area (Å²) in [7, 11) is 0. The Bertz CT molecular complexity index is 472. The molecular weight excluding hydrogens is 228 g/mol. The van der Waals surface area contributed by atoms with E-state index in [4.69, 9.17) is 4.52 Å².